The van der Waals surface area contributed by atoms with Crippen molar-refractivity contribution in [1.29, 1.82) is 0 Å². The van der Waals surface area contributed by atoms with Crippen molar-refractivity contribution in [2.24, 2.45) is 4.99 Å². The van der Waals surface area contributed by atoms with Gasteiger partial charge in [0.05, 0.1) is 6.54 Å². The zero-order valence-corrected chi connectivity index (χ0v) is 14.3. The highest BCUT2D eigenvalue weighted by Gasteiger charge is 2.22. The fraction of sp³-hybridized carbons (Fsp3) is 0.611. The summed E-state index contributed by atoms with van der Waals surface area (Å²) in [5, 5.41) is 6.57. The van der Waals surface area contributed by atoms with Gasteiger partial charge in [0, 0.05) is 19.1 Å². The Morgan fingerprint density at radius 3 is 2.87 bits per heavy atom. The molecule has 0 bridgehead atoms. The average molecular weight is 320 g/mol. The second kappa shape index (κ2) is 9.50. The highest BCUT2D eigenvalue weighted by atomic mass is 19.1. The maximum Gasteiger partial charge on any atom is 0.191 e. The first-order valence-electron chi connectivity index (χ1n) is 8.74. The normalized spacial score (nSPS) is 19.1. The molecule has 2 N–H and O–H groups in total. The molecule has 0 saturated carbocycles. The van der Waals surface area contributed by atoms with E-state index in [-0.39, 0.29) is 5.82 Å². The molecule has 0 amide bonds. The molecule has 0 spiro atoms. The Labute approximate surface area is 139 Å². The van der Waals surface area contributed by atoms with Gasteiger partial charge in [0.2, 0.25) is 0 Å². The number of guanidine groups is 1. The first-order valence-corrected chi connectivity index (χ1v) is 8.74. The lowest BCUT2D eigenvalue weighted by Crippen LogP contribution is -2.40. The van der Waals surface area contributed by atoms with Gasteiger partial charge in [0.1, 0.15) is 5.82 Å². The molecule has 5 heteroatoms. The Balaban J connectivity index is 1.83. The topological polar surface area (TPSA) is 39.7 Å². The van der Waals surface area contributed by atoms with Gasteiger partial charge in [-0.1, -0.05) is 25.1 Å². The van der Waals surface area contributed by atoms with E-state index in [4.69, 9.17) is 4.99 Å². The maximum atomic E-state index is 13.6. The molecule has 0 aliphatic carbocycles. The van der Waals surface area contributed by atoms with E-state index in [0.29, 0.717) is 19.0 Å². The van der Waals surface area contributed by atoms with Crippen molar-refractivity contribution >= 4 is 5.96 Å². The van der Waals surface area contributed by atoms with Crippen LogP contribution in [0.2, 0.25) is 0 Å². The summed E-state index contributed by atoms with van der Waals surface area (Å²) in [4.78, 5) is 7.20. The number of likely N-dealkylation sites (N-methyl/N-ethyl adjacent to an activating group) is 1. The number of hydrogen-bond acceptors (Lipinski definition) is 2. The Bertz CT molecular complexity index is 504. The molecular weight excluding hydrogens is 291 g/mol. The van der Waals surface area contributed by atoms with Crippen LogP contribution in [0.15, 0.2) is 29.3 Å². The fourth-order valence-electron chi connectivity index (χ4n) is 3.07. The fourth-order valence-corrected chi connectivity index (χ4v) is 3.07. The number of benzene rings is 1. The largest absolute Gasteiger partial charge is 0.357 e. The smallest absolute Gasteiger partial charge is 0.191 e. The van der Waals surface area contributed by atoms with E-state index in [1.165, 1.54) is 25.5 Å². The van der Waals surface area contributed by atoms with Crippen LogP contribution in [0.5, 0.6) is 0 Å². The number of nitrogens with zero attached hydrogens (tertiary/aromatic N) is 2. The van der Waals surface area contributed by atoms with Crippen LogP contribution in [0.25, 0.3) is 0 Å². The molecule has 2 rings (SSSR count). The minimum Gasteiger partial charge on any atom is -0.357 e. The molecule has 4 nitrogen and oxygen atoms in total. The Morgan fingerprint density at radius 1 is 1.30 bits per heavy atom. The zero-order valence-electron chi connectivity index (χ0n) is 14.3. The second-order valence-corrected chi connectivity index (χ2v) is 5.91. The molecule has 0 radical (unpaired) electrons. The molecule has 1 saturated heterocycles. The molecule has 1 unspecified atom stereocenters. The monoisotopic (exact) mass is 320 g/mol. The summed E-state index contributed by atoms with van der Waals surface area (Å²) in [5.41, 5.74) is 0.740. The predicted molar refractivity (Wildman–Crippen MR) is 94.4 cm³/mol. The molecule has 1 aromatic carbocycles. The van der Waals surface area contributed by atoms with Gasteiger partial charge in [0.15, 0.2) is 5.96 Å². The summed E-state index contributed by atoms with van der Waals surface area (Å²) >= 11 is 0. The van der Waals surface area contributed by atoms with Crippen molar-refractivity contribution in [1.82, 2.24) is 15.5 Å². The zero-order chi connectivity index (χ0) is 16.5. The molecule has 0 aromatic heterocycles. The summed E-state index contributed by atoms with van der Waals surface area (Å²) in [6, 6.07) is 7.49. The van der Waals surface area contributed by atoms with Gasteiger partial charge in [-0.15, -0.1) is 0 Å². The van der Waals surface area contributed by atoms with Crippen LogP contribution in [0.3, 0.4) is 0 Å². The van der Waals surface area contributed by atoms with Gasteiger partial charge in [0.25, 0.3) is 0 Å². The van der Waals surface area contributed by atoms with Crippen LogP contribution >= 0.6 is 0 Å². The van der Waals surface area contributed by atoms with E-state index in [1.54, 1.807) is 6.07 Å². The van der Waals surface area contributed by atoms with Crippen molar-refractivity contribution in [3.05, 3.63) is 35.6 Å². The summed E-state index contributed by atoms with van der Waals surface area (Å²) in [5.74, 6) is 0.688. The van der Waals surface area contributed by atoms with E-state index >= 15 is 0 Å². The summed E-state index contributed by atoms with van der Waals surface area (Å²) in [7, 11) is 0. The Hall–Kier alpha value is -1.62. The van der Waals surface area contributed by atoms with Crippen molar-refractivity contribution < 1.29 is 4.39 Å². The first kappa shape index (κ1) is 17.7. The second-order valence-electron chi connectivity index (χ2n) is 5.91. The van der Waals surface area contributed by atoms with E-state index in [2.05, 4.69) is 29.4 Å². The Morgan fingerprint density at radius 2 is 2.13 bits per heavy atom. The third-order valence-corrected chi connectivity index (χ3v) is 4.35. The van der Waals surface area contributed by atoms with Crippen LogP contribution in [-0.2, 0) is 6.42 Å². The average Bonchev–Trinajstić information content (AvgIpc) is 3.02. The van der Waals surface area contributed by atoms with E-state index < -0.39 is 0 Å². The molecule has 1 atom stereocenters. The van der Waals surface area contributed by atoms with Crippen molar-refractivity contribution in [3.8, 4) is 0 Å². The molecule has 1 aliphatic heterocycles. The first-order chi connectivity index (χ1) is 11.2. The molecule has 128 valence electrons. The van der Waals surface area contributed by atoms with Crippen LogP contribution in [0.1, 0.15) is 32.3 Å². The van der Waals surface area contributed by atoms with Crippen molar-refractivity contribution in [2.75, 3.05) is 32.7 Å². The SMILES string of the molecule is CCNC(=NCC1CCCN1CC)NCCc1ccccc1F. The minimum atomic E-state index is -0.138. The molecule has 23 heavy (non-hydrogen) atoms. The van der Waals surface area contributed by atoms with Gasteiger partial charge >= 0.3 is 0 Å². The highest BCUT2D eigenvalue weighted by Crippen LogP contribution is 2.16. The summed E-state index contributed by atoms with van der Waals surface area (Å²) < 4.78 is 13.6. The molecule has 1 heterocycles. The minimum absolute atomic E-state index is 0.138. The van der Waals surface area contributed by atoms with E-state index in [1.807, 2.05) is 12.1 Å². The molecule has 1 fully saturated rings. The highest BCUT2D eigenvalue weighted by molar-refractivity contribution is 5.79. The summed E-state index contributed by atoms with van der Waals surface area (Å²) in [6.45, 7) is 8.87. The van der Waals surface area contributed by atoms with Crippen LogP contribution in [0, 0.1) is 5.82 Å². The number of aliphatic imine (C=N–C) groups is 1. The lowest BCUT2D eigenvalue weighted by molar-refractivity contribution is 0.273. The quantitative estimate of drug-likeness (QED) is 0.599. The van der Waals surface area contributed by atoms with Crippen LogP contribution < -0.4 is 10.6 Å². The molecular formula is C18H29FN4. The third-order valence-electron chi connectivity index (χ3n) is 4.35. The van der Waals surface area contributed by atoms with Gasteiger partial charge in [-0.3, -0.25) is 9.89 Å². The van der Waals surface area contributed by atoms with E-state index in [0.717, 1.165) is 31.2 Å². The third kappa shape index (κ3) is 5.50. The predicted octanol–water partition coefficient (Wildman–Crippen LogP) is 2.41. The van der Waals surface area contributed by atoms with Gasteiger partial charge in [-0.05, 0) is 50.9 Å². The Kier molecular flexibility index (Phi) is 7.33. The van der Waals surface area contributed by atoms with Gasteiger partial charge in [-0.25, -0.2) is 4.39 Å². The van der Waals surface area contributed by atoms with Crippen LogP contribution in [0.4, 0.5) is 4.39 Å². The number of nitrogens with one attached hydrogen (secondary N) is 2. The van der Waals surface area contributed by atoms with Crippen LogP contribution in [-0.4, -0.2) is 49.6 Å². The molecule has 1 aromatic rings. The van der Waals surface area contributed by atoms with Crippen molar-refractivity contribution in [2.45, 2.75) is 39.2 Å². The standard InChI is InChI=1S/C18H29FN4/c1-3-20-18(22-14-16-9-7-13-23(16)4-2)21-12-11-15-8-5-6-10-17(15)19/h5-6,8,10,16H,3-4,7,9,11-14H2,1-2H3,(H2,20,21,22). The number of rotatable bonds is 7. The number of halogens is 1. The number of hydrogen-bond donors (Lipinski definition) is 2. The lowest BCUT2D eigenvalue weighted by atomic mass is 10.1. The van der Waals surface area contributed by atoms with Gasteiger partial charge < -0.3 is 10.6 Å². The lowest BCUT2D eigenvalue weighted by Gasteiger charge is -2.21. The summed E-state index contributed by atoms with van der Waals surface area (Å²) in [6.07, 6.45) is 3.15. The van der Waals surface area contributed by atoms with Crippen molar-refractivity contribution in [3.63, 3.8) is 0 Å². The van der Waals surface area contributed by atoms with E-state index in [9.17, 15) is 4.39 Å². The van der Waals surface area contributed by atoms with Gasteiger partial charge in [-0.2, -0.15) is 0 Å². The maximum absolute atomic E-state index is 13.6. The molecule has 1 aliphatic rings. The number of likely N-dealkylation sites (tertiary alicyclic amines) is 1.